The van der Waals surface area contributed by atoms with E-state index in [1.807, 2.05) is 24.3 Å². The van der Waals surface area contributed by atoms with E-state index in [0.29, 0.717) is 0 Å². The van der Waals surface area contributed by atoms with Crippen molar-refractivity contribution < 1.29 is 24.2 Å². The van der Waals surface area contributed by atoms with Crippen LogP contribution in [0.1, 0.15) is 18.4 Å². The van der Waals surface area contributed by atoms with Crippen LogP contribution in [0, 0.1) is 0 Å². The number of aliphatic hydroxyl groups is 1. The zero-order valence-corrected chi connectivity index (χ0v) is 13.7. The van der Waals surface area contributed by atoms with Crippen molar-refractivity contribution in [3.63, 3.8) is 0 Å². The molecule has 1 aromatic carbocycles. The number of carbonyl (C=O) groups excluding carboxylic acids is 2. The zero-order valence-electron chi connectivity index (χ0n) is 13.7. The number of benzene rings is 1. The number of carbonyl (C=O) groups is 2. The first-order valence-electron chi connectivity index (χ1n) is 8.09. The van der Waals surface area contributed by atoms with Crippen molar-refractivity contribution in [2.24, 2.45) is 0 Å². The molecule has 1 atom stereocenters. The minimum Gasteiger partial charge on any atom is -0.496 e. The Hall–Kier alpha value is -2.12. The average Bonchev–Trinajstić information content (AvgIpc) is 3.38. The van der Waals surface area contributed by atoms with Gasteiger partial charge >= 0.3 is 6.03 Å². The van der Waals surface area contributed by atoms with E-state index in [1.54, 1.807) is 12.0 Å². The molecular weight excluding hydrogens is 312 g/mol. The Morgan fingerprint density at radius 2 is 2.04 bits per heavy atom. The van der Waals surface area contributed by atoms with Crippen LogP contribution in [0.25, 0.3) is 0 Å². The van der Waals surface area contributed by atoms with Crippen molar-refractivity contribution in [3.8, 4) is 5.75 Å². The second-order valence-electron chi connectivity index (χ2n) is 6.13. The van der Waals surface area contributed by atoms with E-state index in [1.165, 1.54) is 0 Å². The number of amides is 3. The number of aliphatic hydroxyl groups excluding tert-OH is 1. The second-order valence-corrected chi connectivity index (χ2v) is 6.13. The van der Waals surface area contributed by atoms with Gasteiger partial charge in [0.25, 0.3) is 0 Å². The SMILES string of the molecule is COc1ccccc1COCC(O)CN1C(=O)CN(C2CC2)C1=O. The van der Waals surface area contributed by atoms with Crippen LogP contribution in [0.2, 0.25) is 0 Å². The van der Waals surface area contributed by atoms with Gasteiger partial charge in [0.1, 0.15) is 12.3 Å². The summed E-state index contributed by atoms with van der Waals surface area (Å²) in [6.45, 7) is 0.417. The monoisotopic (exact) mass is 334 g/mol. The van der Waals surface area contributed by atoms with E-state index in [2.05, 4.69) is 0 Å². The lowest BCUT2D eigenvalue weighted by Gasteiger charge is -2.19. The number of hydrogen-bond acceptors (Lipinski definition) is 5. The molecule has 130 valence electrons. The Morgan fingerprint density at radius 1 is 1.29 bits per heavy atom. The lowest BCUT2D eigenvalue weighted by atomic mass is 10.2. The van der Waals surface area contributed by atoms with Crippen LogP contribution in [-0.2, 0) is 16.1 Å². The standard InChI is InChI=1S/C17H22N2O5/c1-23-15-5-3-2-4-12(15)10-24-11-14(20)8-19-16(21)9-18(17(19)22)13-6-7-13/h2-5,13-14,20H,6-11H2,1H3. The highest BCUT2D eigenvalue weighted by molar-refractivity contribution is 6.02. The largest absolute Gasteiger partial charge is 0.496 e. The van der Waals surface area contributed by atoms with Crippen LogP contribution < -0.4 is 4.74 Å². The summed E-state index contributed by atoms with van der Waals surface area (Å²) in [5.41, 5.74) is 0.875. The highest BCUT2D eigenvalue weighted by Crippen LogP contribution is 2.30. The van der Waals surface area contributed by atoms with Crippen molar-refractivity contribution in [3.05, 3.63) is 29.8 Å². The van der Waals surface area contributed by atoms with Crippen LogP contribution in [0.4, 0.5) is 4.79 Å². The molecular formula is C17H22N2O5. The Labute approximate surface area is 140 Å². The number of hydrogen-bond donors (Lipinski definition) is 1. The molecule has 1 aliphatic carbocycles. The summed E-state index contributed by atoms with van der Waals surface area (Å²) in [6.07, 6.45) is 1.00. The molecule has 0 spiro atoms. The number of urea groups is 1. The fourth-order valence-electron chi connectivity index (χ4n) is 2.80. The zero-order chi connectivity index (χ0) is 17.1. The van der Waals surface area contributed by atoms with Gasteiger partial charge in [-0.25, -0.2) is 4.79 Å². The molecule has 0 bridgehead atoms. The first-order valence-corrected chi connectivity index (χ1v) is 8.09. The normalized spacial score (nSPS) is 19.1. The number of rotatable bonds is 8. The van der Waals surface area contributed by atoms with E-state index >= 15 is 0 Å². The van der Waals surface area contributed by atoms with Gasteiger partial charge in [-0.05, 0) is 18.9 Å². The maximum atomic E-state index is 12.2. The van der Waals surface area contributed by atoms with Crippen LogP contribution in [0.5, 0.6) is 5.75 Å². The molecule has 2 fully saturated rings. The molecule has 7 heteroatoms. The van der Waals surface area contributed by atoms with Crippen LogP contribution in [-0.4, -0.2) is 65.8 Å². The molecule has 1 heterocycles. The number of para-hydroxylation sites is 1. The Morgan fingerprint density at radius 3 is 2.75 bits per heavy atom. The van der Waals surface area contributed by atoms with Gasteiger partial charge in [0.05, 0.1) is 33.0 Å². The molecule has 3 rings (SSSR count). The maximum absolute atomic E-state index is 12.2. The van der Waals surface area contributed by atoms with Crippen LogP contribution in [0.3, 0.4) is 0 Å². The average molecular weight is 334 g/mol. The van der Waals surface area contributed by atoms with Crippen LogP contribution >= 0.6 is 0 Å². The third-order valence-corrected chi connectivity index (χ3v) is 4.22. The minimum atomic E-state index is -0.910. The fourth-order valence-corrected chi connectivity index (χ4v) is 2.80. The van der Waals surface area contributed by atoms with E-state index in [4.69, 9.17) is 9.47 Å². The molecule has 1 aliphatic heterocycles. The molecule has 1 N–H and O–H groups in total. The molecule has 0 radical (unpaired) electrons. The number of imide groups is 1. The minimum absolute atomic E-state index is 0.0349. The molecule has 7 nitrogen and oxygen atoms in total. The van der Waals surface area contributed by atoms with E-state index in [-0.39, 0.29) is 44.3 Å². The molecule has 2 aliphatic rings. The van der Waals surface area contributed by atoms with Gasteiger partial charge < -0.3 is 19.5 Å². The predicted octanol–water partition coefficient (Wildman–Crippen LogP) is 0.999. The van der Waals surface area contributed by atoms with E-state index < -0.39 is 6.10 Å². The number of nitrogens with zero attached hydrogens (tertiary/aromatic N) is 2. The van der Waals surface area contributed by atoms with Crippen molar-refractivity contribution in [2.75, 3.05) is 26.8 Å². The molecule has 24 heavy (non-hydrogen) atoms. The Bertz CT molecular complexity index is 617. The third kappa shape index (κ3) is 3.68. The number of ether oxygens (including phenoxy) is 2. The summed E-state index contributed by atoms with van der Waals surface area (Å²) < 4.78 is 10.7. The summed E-state index contributed by atoms with van der Waals surface area (Å²) in [7, 11) is 1.59. The summed E-state index contributed by atoms with van der Waals surface area (Å²) in [5, 5.41) is 10.1. The molecule has 1 aromatic rings. The van der Waals surface area contributed by atoms with Gasteiger partial charge in [0.15, 0.2) is 0 Å². The number of β-amino-alcohol motifs (C(OH)–C–C–N with tert-alkyl or cyclic N) is 1. The second kappa shape index (κ2) is 7.19. The molecule has 3 amide bonds. The highest BCUT2D eigenvalue weighted by atomic mass is 16.5. The predicted molar refractivity (Wildman–Crippen MR) is 85.5 cm³/mol. The topological polar surface area (TPSA) is 79.3 Å². The first-order chi connectivity index (χ1) is 11.6. The summed E-state index contributed by atoms with van der Waals surface area (Å²) in [6, 6.07) is 7.37. The molecule has 1 unspecified atom stereocenters. The smallest absolute Gasteiger partial charge is 0.327 e. The van der Waals surface area contributed by atoms with Gasteiger partial charge in [-0.15, -0.1) is 0 Å². The fraction of sp³-hybridized carbons (Fsp3) is 0.529. The summed E-state index contributed by atoms with van der Waals surface area (Å²) >= 11 is 0. The molecule has 1 saturated heterocycles. The van der Waals surface area contributed by atoms with E-state index in [9.17, 15) is 14.7 Å². The van der Waals surface area contributed by atoms with Gasteiger partial charge in [-0.2, -0.15) is 0 Å². The van der Waals surface area contributed by atoms with Crippen molar-refractivity contribution in [1.82, 2.24) is 9.80 Å². The van der Waals surface area contributed by atoms with Crippen molar-refractivity contribution in [2.45, 2.75) is 31.6 Å². The Kier molecular flexibility index (Phi) is 5.01. The first kappa shape index (κ1) is 16.7. The molecule has 0 aromatic heterocycles. The lowest BCUT2D eigenvalue weighted by molar-refractivity contribution is -0.126. The highest BCUT2D eigenvalue weighted by Gasteiger charge is 2.44. The van der Waals surface area contributed by atoms with Gasteiger partial charge in [0, 0.05) is 11.6 Å². The quantitative estimate of drug-likeness (QED) is 0.718. The van der Waals surface area contributed by atoms with E-state index in [0.717, 1.165) is 29.1 Å². The van der Waals surface area contributed by atoms with Crippen LogP contribution in [0.15, 0.2) is 24.3 Å². The summed E-state index contributed by atoms with van der Waals surface area (Å²) in [5.74, 6) is 0.465. The Balaban J connectivity index is 1.46. The summed E-state index contributed by atoms with van der Waals surface area (Å²) in [4.78, 5) is 26.8. The van der Waals surface area contributed by atoms with Crippen molar-refractivity contribution in [1.29, 1.82) is 0 Å². The third-order valence-electron chi connectivity index (χ3n) is 4.22. The van der Waals surface area contributed by atoms with Gasteiger partial charge in [-0.3, -0.25) is 9.69 Å². The van der Waals surface area contributed by atoms with Gasteiger partial charge in [-0.1, -0.05) is 18.2 Å². The maximum Gasteiger partial charge on any atom is 0.327 e. The van der Waals surface area contributed by atoms with Gasteiger partial charge in [0.2, 0.25) is 5.91 Å². The van der Waals surface area contributed by atoms with Crippen molar-refractivity contribution >= 4 is 11.9 Å². The lowest BCUT2D eigenvalue weighted by Crippen LogP contribution is -2.40. The number of methoxy groups -OCH3 is 1. The molecule has 1 saturated carbocycles.